The molecule has 0 unspecified atom stereocenters. The summed E-state index contributed by atoms with van der Waals surface area (Å²) in [5.41, 5.74) is 0. The molecule has 0 heterocycles. The zero-order chi connectivity index (χ0) is 10.3. The van der Waals surface area contributed by atoms with Gasteiger partial charge in [-0.15, -0.1) is 0 Å². The van der Waals surface area contributed by atoms with Crippen molar-refractivity contribution in [2.45, 2.75) is 26.1 Å². The summed E-state index contributed by atoms with van der Waals surface area (Å²) in [6, 6.07) is 0. The molecule has 0 bridgehead atoms. The quantitative estimate of drug-likeness (QED) is 0.477. The van der Waals surface area contributed by atoms with E-state index in [0.29, 0.717) is 0 Å². The minimum absolute atomic E-state index is 0. The van der Waals surface area contributed by atoms with Gasteiger partial charge in [0.25, 0.3) is 0 Å². The Kier molecular flexibility index (Phi) is 20.7. The Balaban J connectivity index is -0.0000000625. The number of carbonyl (C=O) groups is 2. The van der Waals surface area contributed by atoms with Crippen LogP contribution in [0, 0.1) is 0 Å². The molecule has 80 valence electrons. The summed E-state index contributed by atoms with van der Waals surface area (Å²) in [5, 5.41) is 34.6. The minimum atomic E-state index is -1.44. The van der Waals surface area contributed by atoms with Crippen molar-refractivity contribution in [2.24, 2.45) is 0 Å². The summed E-state index contributed by atoms with van der Waals surface area (Å²) in [6.07, 6.45) is -2.69. The molecule has 0 fully saturated rings. The molecule has 2 atom stereocenters. The molecule has 0 aliphatic carbocycles. The number of aliphatic hydroxyl groups is 2. The normalized spacial score (nSPS) is 11.7. The van der Waals surface area contributed by atoms with Crippen molar-refractivity contribution in [3.8, 4) is 0 Å². The fraction of sp³-hybridized carbons (Fsp3) is 0.667. The van der Waals surface area contributed by atoms with Gasteiger partial charge in [-0.3, -0.25) is 0 Å². The number of rotatable bonds is 2. The second-order valence-electron chi connectivity index (χ2n) is 1.99. The van der Waals surface area contributed by atoms with Crippen LogP contribution >= 0.6 is 0 Å². The first-order valence-electron chi connectivity index (χ1n) is 3.06. The van der Waals surface area contributed by atoms with Gasteiger partial charge in [-0.05, 0) is 13.8 Å². The molecule has 0 spiro atoms. The van der Waals surface area contributed by atoms with Crippen LogP contribution in [0.25, 0.3) is 0 Å². The first-order chi connectivity index (χ1) is 5.29. The zero-order valence-electron chi connectivity index (χ0n) is 7.89. The number of carboxylic acids is 2. The van der Waals surface area contributed by atoms with Gasteiger partial charge in [-0.2, -0.15) is 0 Å². The molecule has 0 rings (SSSR count). The van der Waals surface area contributed by atoms with Crippen LogP contribution in [0.15, 0.2) is 0 Å². The number of carbonyl (C=O) groups excluding carboxylic acids is 2. The maximum atomic E-state index is 9.34. The van der Waals surface area contributed by atoms with Gasteiger partial charge in [0, 0.05) is 0 Å². The third-order valence-electron chi connectivity index (χ3n) is 0.682. The summed E-state index contributed by atoms with van der Waals surface area (Å²) < 4.78 is 0. The number of hydrogen-bond donors (Lipinski definition) is 2. The molecular formula is C6H12O7Zn. The van der Waals surface area contributed by atoms with E-state index in [4.69, 9.17) is 10.2 Å². The summed E-state index contributed by atoms with van der Waals surface area (Å²) >= 11 is 0. The topological polar surface area (TPSA) is 152 Å². The maximum absolute atomic E-state index is 9.34. The molecule has 0 saturated heterocycles. The van der Waals surface area contributed by atoms with E-state index >= 15 is 0 Å². The Hall–Kier alpha value is -0.557. The van der Waals surface area contributed by atoms with Gasteiger partial charge in [-0.25, -0.2) is 0 Å². The summed E-state index contributed by atoms with van der Waals surface area (Å²) in [6.45, 7) is 2.27. The van der Waals surface area contributed by atoms with Crippen molar-refractivity contribution in [2.75, 3.05) is 0 Å². The van der Waals surface area contributed by atoms with Crippen molar-refractivity contribution in [3.63, 3.8) is 0 Å². The van der Waals surface area contributed by atoms with Gasteiger partial charge in [-0.1, -0.05) is 0 Å². The van der Waals surface area contributed by atoms with Crippen molar-refractivity contribution < 1.29 is 55.0 Å². The van der Waals surface area contributed by atoms with E-state index in [1.165, 1.54) is 0 Å². The molecule has 0 radical (unpaired) electrons. The molecule has 4 N–H and O–H groups in total. The van der Waals surface area contributed by atoms with E-state index in [-0.39, 0.29) is 25.0 Å². The van der Waals surface area contributed by atoms with E-state index in [2.05, 4.69) is 0 Å². The van der Waals surface area contributed by atoms with Crippen molar-refractivity contribution in [1.29, 1.82) is 0 Å². The standard InChI is InChI=1S/2C3H6O3.H2O.Zn/c2*1-2(4)3(5)6;;/h2*2,4H,1H3,(H,5,6);1H2;/q;;;+2/p-2/t2*2-;;/m00../s1. The van der Waals surface area contributed by atoms with Crippen LogP contribution < -0.4 is 10.2 Å². The zero-order valence-corrected chi connectivity index (χ0v) is 10.9. The average Bonchev–Trinajstić information content (AvgIpc) is 1.88. The van der Waals surface area contributed by atoms with Crippen LogP contribution in [0.4, 0.5) is 0 Å². The first kappa shape index (κ1) is 23.3. The smallest absolute Gasteiger partial charge is 0.547 e. The first-order valence-corrected chi connectivity index (χ1v) is 3.06. The largest absolute Gasteiger partial charge is 2.00 e. The molecule has 8 heteroatoms. The minimum Gasteiger partial charge on any atom is -0.547 e. The van der Waals surface area contributed by atoms with Crippen LogP contribution in [0.3, 0.4) is 0 Å². The van der Waals surface area contributed by atoms with Crippen LogP contribution in [-0.4, -0.2) is 39.8 Å². The fourth-order valence-electron chi connectivity index (χ4n) is 0. The van der Waals surface area contributed by atoms with Gasteiger partial charge in [0.2, 0.25) is 0 Å². The van der Waals surface area contributed by atoms with Gasteiger partial charge >= 0.3 is 19.5 Å². The van der Waals surface area contributed by atoms with Crippen LogP contribution in [0.2, 0.25) is 0 Å². The molecule has 0 aromatic heterocycles. The number of aliphatic carboxylic acids is 2. The van der Waals surface area contributed by atoms with Crippen molar-refractivity contribution in [3.05, 3.63) is 0 Å². The van der Waals surface area contributed by atoms with E-state index in [0.717, 1.165) is 13.8 Å². The monoisotopic (exact) mass is 260 g/mol. The van der Waals surface area contributed by atoms with E-state index in [9.17, 15) is 19.8 Å². The van der Waals surface area contributed by atoms with E-state index in [1.54, 1.807) is 0 Å². The van der Waals surface area contributed by atoms with Crippen molar-refractivity contribution >= 4 is 11.9 Å². The second kappa shape index (κ2) is 12.4. The molecule has 0 amide bonds. The molecule has 0 saturated carbocycles. The van der Waals surface area contributed by atoms with Crippen LogP contribution in [0.1, 0.15) is 13.8 Å². The molecular weight excluding hydrogens is 249 g/mol. The van der Waals surface area contributed by atoms with Gasteiger partial charge in [0.05, 0.1) is 24.1 Å². The molecule has 0 aromatic rings. The third kappa shape index (κ3) is 22.5. The number of aliphatic hydroxyl groups excluding tert-OH is 2. The number of hydrogen-bond acceptors (Lipinski definition) is 6. The van der Waals surface area contributed by atoms with Crippen LogP contribution in [0.5, 0.6) is 0 Å². The van der Waals surface area contributed by atoms with Gasteiger partial charge in [0.1, 0.15) is 0 Å². The van der Waals surface area contributed by atoms with Gasteiger partial charge in [0.15, 0.2) is 0 Å². The SMILES string of the molecule is C[C@H](O)C(=O)[O-].C[C@H](O)C(=O)[O-].O.[Zn+2]. The van der Waals surface area contributed by atoms with Crippen LogP contribution in [-0.2, 0) is 29.1 Å². The molecule has 0 aliphatic rings. The Morgan fingerprint density at radius 3 is 1.07 bits per heavy atom. The fourth-order valence-corrected chi connectivity index (χ4v) is 0. The maximum Gasteiger partial charge on any atom is 2.00 e. The molecule has 7 nitrogen and oxygen atoms in total. The molecule has 0 aromatic carbocycles. The second-order valence-corrected chi connectivity index (χ2v) is 1.99. The molecule has 0 aliphatic heterocycles. The third-order valence-corrected chi connectivity index (χ3v) is 0.682. The Labute approximate surface area is 93.4 Å². The summed E-state index contributed by atoms with van der Waals surface area (Å²) in [4.78, 5) is 18.7. The van der Waals surface area contributed by atoms with E-state index in [1.807, 2.05) is 0 Å². The Morgan fingerprint density at radius 1 is 1.00 bits per heavy atom. The molecule has 14 heavy (non-hydrogen) atoms. The van der Waals surface area contributed by atoms with Gasteiger partial charge < -0.3 is 35.5 Å². The Morgan fingerprint density at radius 2 is 1.07 bits per heavy atom. The Bertz CT molecular complexity index is 138. The van der Waals surface area contributed by atoms with Crippen molar-refractivity contribution in [1.82, 2.24) is 0 Å². The summed E-state index contributed by atoms with van der Waals surface area (Å²) in [5.74, 6) is -2.87. The predicted molar refractivity (Wildman–Crippen MR) is 37.0 cm³/mol. The average molecular weight is 262 g/mol. The van der Waals surface area contributed by atoms with E-state index < -0.39 is 24.1 Å². The summed E-state index contributed by atoms with van der Waals surface area (Å²) in [7, 11) is 0. The number of carboxylic acid groups (broad SMARTS) is 2. The predicted octanol–water partition coefficient (Wildman–Crippen LogP) is -4.59.